The van der Waals surface area contributed by atoms with Crippen LogP contribution in [0, 0.1) is 11.1 Å². The van der Waals surface area contributed by atoms with E-state index in [-0.39, 0.29) is 6.21 Å². The van der Waals surface area contributed by atoms with E-state index in [1.54, 1.807) is 0 Å². The topological polar surface area (TPSA) is 60.2 Å². The molecule has 1 aliphatic rings. The van der Waals surface area contributed by atoms with Crippen molar-refractivity contribution in [3.05, 3.63) is 5.21 Å². The molecule has 1 aliphatic heterocycles. The van der Waals surface area contributed by atoms with Gasteiger partial charge < -0.3 is 5.21 Å². The fourth-order valence-electron chi connectivity index (χ4n) is 0.804. The Morgan fingerprint density at radius 1 is 1.42 bits per heavy atom. The van der Waals surface area contributed by atoms with Gasteiger partial charge >= 0.3 is 12.1 Å². The molecular weight excluding hydrogens is 179 g/mol. The normalized spacial score (nSPS) is 24.6. The molecule has 1 rings (SSSR count). The van der Waals surface area contributed by atoms with Crippen molar-refractivity contribution in [2.24, 2.45) is 5.92 Å². The van der Waals surface area contributed by atoms with Gasteiger partial charge in [-0.2, -0.15) is 13.2 Å². The number of carbonyl (C=O) groups excluding carboxylic acids is 2. The van der Waals surface area contributed by atoms with E-state index < -0.39 is 28.5 Å². The molecule has 0 fully saturated rings. The lowest BCUT2D eigenvalue weighted by Gasteiger charge is -2.07. The molecule has 0 radical (unpaired) electrons. The fourth-order valence-corrected chi connectivity index (χ4v) is 0.804. The highest BCUT2D eigenvalue weighted by atomic mass is 19.4. The lowest BCUT2D eigenvalue weighted by atomic mass is 10.1. The van der Waals surface area contributed by atoms with Crippen molar-refractivity contribution in [2.75, 3.05) is 0 Å². The number of amides is 1. The number of Topliss-reactive ketones (excluding diaryl/α,β-unsaturated/α-hetero) is 1. The maximum absolute atomic E-state index is 11.8. The molecule has 0 aliphatic carbocycles. The number of hydrogen-bond donors (Lipinski definition) is 0. The number of halogens is 3. The summed E-state index contributed by atoms with van der Waals surface area (Å²) in [7, 11) is 0. The average Bonchev–Trinajstić information content (AvgIpc) is 2.05. The molecule has 4 nitrogen and oxygen atoms in total. The Morgan fingerprint density at radius 2 is 1.92 bits per heavy atom. The first-order valence-electron chi connectivity index (χ1n) is 2.79. The van der Waals surface area contributed by atoms with Crippen LogP contribution in [0.25, 0.3) is 0 Å². The minimum atomic E-state index is -4.97. The Labute approximate surface area is 63.9 Å². The van der Waals surface area contributed by atoms with E-state index in [4.69, 9.17) is 0 Å². The molecule has 0 bridgehead atoms. The van der Waals surface area contributed by atoms with Gasteiger partial charge in [0.2, 0.25) is 17.9 Å². The molecule has 12 heavy (non-hydrogen) atoms. The molecule has 1 heterocycles. The van der Waals surface area contributed by atoms with Crippen molar-refractivity contribution in [3.8, 4) is 0 Å². The smallest absolute Gasteiger partial charge is 0.418 e. The van der Waals surface area contributed by atoms with Crippen LogP contribution in [-0.2, 0) is 9.59 Å². The van der Waals surface area contributed by atoms with E-state index >= 15 is 0 Å². The predicted octanol–water partition coefficient (Wildman–Crippen LogP) is -0.145. The molecule has 0 aromatic heterocycles. The minimum absolute atomic E-state index is 0.0977. The number of nitrogens with zero attached hydrogens (tertiary/aromatic N) is 1. The largest absolute Gasteiger partial charge is 0.616 e. The summed E-state index contributed by atoms with van der Waals surface area (Å²) in [4.78, 5) is 20.8. The number of rotatable bonds is 0. The number of ketones is 1. The maximum Gasteiger partial charge on any atom is 0.418 e. The molecule has 1 amide bonds. The summed E-state index contributed by atoms with van der Waals surface area (Å²) in [6.07, 6.45) is -4.87. The molecule has 1 atom stereocenters. The molecule has 66 valence electrons. The average molecular weight is 181 g/mol. The quantitative estimate of drug-likeness (QED) is 0.296. The second-order valence-corrected chi connectivity index (χ2v) is 2.17. The molecule has 1 unspecified atom stereocenters. The molecule has 0 saturated heterocycles. The van der Waals surface area contributed by atoms with Gasteiger partial charge in [0.1, 0.15) is 0 Å². The van der Waals surface area contributed by atoms with Gasteiger partial charge in [-0.05, 0) is 0 Å². The third-order valence-electron chi connectivity index (χ3n) is 1.32. The minimum Gasteiger partial charge on any atom is -0.616 e. The number of hydrogen-bond acceptors (Lipinski definition) is 3. The zero-order valence-corrected chi connectivity index (χ0v) is 5.46. The van der Waals surface area contributed by atoms with E-state index in [2.05, 4.69) is 0 Å². The highest BCUT2D eigenvalue weighted by molar-refractivity contribution is 6.35. The summed E-state index contributed by atoms with van der Waals surface area (Å²) < 4.78 is 34.8. The van der Waals surface area contributed by atoms with Gasteiger partial charge in [0.05, 0.1) is 0 Å². The van der Waals surface area contributed by atoms with Crippen LogP contribution in [-0.4, -0.2) is 28.8 Å². The van der Waals surface area contributed by atoms with E-state index in [1.807, 2.05) is 0 Å². The highest BCUT2D eigenvalue weighted by Gasteiger charge is 2.57. The molecule has 0 aromatic rings. The van der Waals surface area contributed by atoms with Gasteiger partial charge in [-0.1, -0.05) is 0 Å². The second-order valence-electron chi connectivity index (χ2n) is 2.17. The highest BCUT2D eigenvalue weighted by Crippen LogP contribution is 2.29. The first-order valence-corrected chi connectivity index (χ1v) is 2.79. The van der Waals surface area contributed by atoms with Gasteiger partial charge in [0, 0.05) is 0 Å². The summed E-state index contributed by atoms with van der Waals surface area (Å²) in [5.74, 6) is -6.08. The summed E-state index contributed by atoms with van der Waals surface area (Å²) in [6.45, 7) is 0. The summed E-state index contributed by atoms with van der Waals surface area (Å²) in [5, 5.41) is 10.2. The van der Waals surface area contributed by atoms with Crippen molar-refractivity contribution in [1.29, 1.82) is 0 Å². The third-order valence-corrected chi connectivity index (χ3v) is 1.32. The SMILES string of the molecule is O=C1C=[N+]([O-])C(=O)C1C(F)(F)F. The maximum atomic E-state index is 11.8. The summed E-state index contributed by atoms with van der Waals surface area (Å²) in [6, 6.07) is 0. The van der Waals surface area contributed by atoms with E-state index in [0.717, 1.165) is 0 Å². The van der Waals surface area contributed by atoms with E-state index in [9.17, 15) is 28.0 Å². The lowest BCUT2D eigenvalue weighted by molar-refractivity contribution is -0.380. The Balaban J connectivity index is 2.99. The molecule has 0 spiro atoms. The van der Waals surface area contributed by atoms with Gasteiger partial charge in [-0.15, -0.1) is 4.74 Å². The zero-order chi connectivity index (χ0) is 9.52. The standard InChI is InChI=1S/C5H2F3NO3/c6-5(7,8)3-2(10)1-9(12)4(3)11/h1,3H. The molecule has 0 aromatic carbocycles. The van der Waals surface area contributed by atoms with Gasteiger partial charge in [0.15, 0.2) is 0 Å². The van der Waals surface area contributed by atoms with E-state index in [0.29, 0.717) is 0 Å². The first kappa shape index (κ1) is 8.69. The molecule has 0 saturated carbocycles. The number of hydroxylamine groups is 1. The van der Waals surface area contributed by atoms with Gasteiger partial charge in [-0.25, -0.2) is 4.79 Å². The first-order chi connectivity index (χ1) is 5.34. The van der Waals surface area contributed by atoms with E-state index in [1.165, 1.54) is 0 Å². The van der Waals surface area contributed by atoms with Crippen LogP contribution in [0.1, 0.15) is 0 Å². The van der Waals surface area contributed by atoms with Crippen molar-refractivity contribution >= 4 is 17.9 Å². The Kier molecular flexibility index (Phi) is 1.66. The predicted molar refractivity (Wildman–Crippen MR) is 29.3 cm³/mol. The van der Waals surface area contributed by atoms with Crippen LogP contribution in [0.15, 0.2) is 0 Å². The fraction of sp³-hybridized carbons (Fsp3) is 0.400. The Morgan fingerprint density at radius 3 is 2.08 bits per heavy atom. The molecular formula is C5H2F3NO3. The van der Waals surface area contributed by atoms with Crippen LogP contribution in [0.3, 0.4) is 0 Å². The zero-order valence-electron chi connectivity index (χ0n) is 5.46. The van der Waals surface area contributed by atoms with Crippen LogP contribution in [0.2, 0.25) is 0 Å². The Bertz CT molecular complexity index is 280. The van der Waals surface area contributed by atoms with Crippen molar-refractivity contribution in [1.82, 2.24) is 0 Å². The second kappa shape index (κ2) is 2.29. The van der Waals surface area contributed by atoms with Crippen LogP contribution in [0.5, 0.6) is 0 Å². The summed E-state index contributed by atoms with van der Waals surface area (Å²) in [5.41, 5.74) is 0. The van der Waals surface area contributed by atoms with Crippen molar-refractivity contribution < 1.29 is 27.5 Å². The monoisotopic (exact) mass is 181 g/mol. The summed E-state index contributed by atoms with van der Waals surface area (Å²) >= 11 is 0. The molecule has 7 heteroatoms. The van der Waals surface area contributed by atoms with Crippen LogP contribution in [0.4, 0.5) is 13.2 Å². The molecule has 0 N–H and O–H groups in total. The van der Waals surface area contributed by atoms with Crippen LogP contribution >= 0.6 is 0 Å². The number of carbonyl (C=O) groups is 2. The van der Waals surface area contributed by atoms with Gasteiger partial charge in [-0.3, -0.25) is 4.79 Å². The third kappa shape index (κ3) is 1.17. The lowest BCUT2D eigenvalue weighted by Crippen LogP contribution is -2.34. The number of alkyl halides is 3. The van der Waals surface area contributed by atoms with Crippen molar-refractivity contribution in [2.45, 2.75) is 6.18 Å². The van der Waals surface area contributed by atoms with Gasteiger partial charge in [0.25, 0.3) is 0 Å². The van der Waals surface area contributed by atoms with Crippen molar-refractivity contribution in [3.63, 3.8) is 0 Å². The Hall–Kier alpha value is -1.40. The van der Waals surface area contributed by atoms with Crippen LogP contribution < -0.4 is 0 Å².